The molecule has 0 aromatic carbocycles. The Morgan fingerprint density at radius 1 is 1.12 bits per heavy atom. The first kappa shape index (κ1) is 21.9. The van der Waals surface area contributed by atoms with Crippen LogP contribution in [0.4, 0.5) is 0 Å². The zero-order valence-corrected chi connectivity index (χ0v) is 16.4. The largest absolute Gasteiger partial charge is 0.385 e. The first-order chi connectivity index (χ1) is 12.1. The third-order valence-electron chi connectivity index (χ3n) is 5.35. The van der Waals surface area contributed by atoms with Gasteiger partial charge in [-0.15, -0.1) is 6.58 Å². The van der Waals surface area contributed by atoms with Gasteiger partial charge in [0.25, 0.3) is 0 Å². The highest BCUT2D eigenvalue weighted by atomic mass is 16.3. The molecule has 0 radical (unpaired) electrons. The van der Waals surface area contributed by atoms with E-state index in [1.54, 1.807) is 12.2 Å². The van der Waals surface area contributed by atoms with E-state index in [-0.39, 0.29) is 17.6 Å². The Morgan fingerprint density at radius 2 is 1.80 bits per heavy atom. The molecule has 142 valence electrons. The van der Waals surface area contributed by atoms with E-state index in [2.05, 4.69) is 26.5 Å². The second-order valence-corrected chi connectivity index (χ2v) is 7.55. The van der Waals surface area contributed by atoms with Gasteiger partial charge in [-0.1, -0.05) is 89.5 Å². The molecule has 0 spiro atoms. The molecule has 0 saturated heterocycles. The van der Waals surface area contributed by atoms with Crippen molar-refractivity contribution in [3.63, 3.8) is 0 Å². The van der Waals surface area contributed by atoms with Crippen LogP contribution in [0.15, 0.2) is 37.0 Å². The number of carbonyl (C=O) groups is 1. The van der Waals surface area contributed by atoms with E-state index in [9.17, 15) is 9.90 Å². The summed E-state index contributed by atoms with van der Waals surface area (Å²) in [4.78, 5) is 12.1. The number of carbonyl (C=O) groups excluding carboxylic acids is 1. The maximum Gasteiger partial charge on any atom is 0.159 e. The van der Waals surface area contributed by atoms with Crippen LogP contribution in [-0.2, 0) is 4.79 Å². The third-order valence-corrected chi connectivity index (χ3v) is 5.35. The SMILES string of the molecule is C=CC(O)(CC=C[C@H]1C=CC(=O)[C@@H]1CCCCCCC)CCCCC. The van der Waals surface area contributed by atoms with Gasteiger partial charge in [0, 0.05) is 11.8 Å². The van der Waals surface area contributed by atoms with Crippen LogP contribution in [0.5, 0.6) is 0 Å². The van der Waals surface area contributed by atoms with Crippen molar-refractivity contribution in [1.29, 1.82) is 0 Å². The quantitative estimate of drug-likeness (QED) is 0.302. The van der Waals surface area contributed by atoms with Crippen molar-refractivity contribution in [1.82, 2.24) is 0 Å². The summed E-state index contributed by atoms with van der Waals surface area (Å²) in [6.45, 7) is 8.19. The minimum Gasteiger partial charge on any atom is -0.385 e. The van der Waals surface area contributed by atoms with Gasteiger partial charge >= 0.3 is 0 Å². The molecule has 0 fully saturated rings. The average molecular weight is 347 g/mol. The molecule has 0 saturated carbocycles. The van der Waals surface area contributed by atoms with E-state index in [4.69, 9.17) is 0 Å². The predicted molar refractivity (Wildman–Crippen MR) is 108 cm³/mol. The molecule has 2 nitrogen and oxygen atoms in total. The lowest BCUT2D eigenvalue weighted by Gasteiger charge is -2.23. The summed E-state index contributed by atoms with van der Waals surface area (Å²) in [5.74, 6) is 0.574. The number of hydrogen-bond acceptors (Lipinski definition) is 2. The van der Waals surface area contributed by atoms with Crippen molar-refractivity contribution in [2.24, 2.45) is 11.8 Å². The zero-order chi connectivity index (χ0) is 18.5. The molecule has 2 heteroatoms. The Bertz CT molecular complexity index is 449. The predicted octanol–water partition coefficient (Wildman–Crippen LogP) is 6.16. The zero-order valence-electron chi connectivity index (χ0n) is 16.4. The second kappa shape index (κ2) is 12.2. The first-order valence-electron chi connectivity index (χ1n) is 10.3. The lowest BCUT2D eigenvalue weighted by atomic mass is 9.87. The van der Waals surface area contributed by atoms with Crippen LogP contribution >= 0.6 is 0 Å². The Labute approximate surface area is 155 Å². The Balaban J connectivity index is 2.46. The number of allylic oxidation sites excluding steroid dienone is 3. The highest BCUT2D eigenvalue weighted by Gasteiger charge is 2.28. The van der Waals surface area contributed by atoms with Crippen LogP contribution < -0.4 is 0 Å². The van der Waals surface area contributed by atoms with E-state index in [1.807, 2.05) is 12.2 Å². The van der Waals surface area contributed by atoms with Crippen LogP contribution in [0.1, 0.15) is 84.5 Å². The molecule has 1 unspecified atom stereocenters. The summed E-state index contributed by atoms with van der Waals surface area (Å²) in [6.07, 6.45) is 21.4. The van der Waals surface area contributed by atoms with Gasteiger partial charge in [0.2, 0.25) is 0 Å². The molecule has 0 aromatic heterocycles. The fourth-order valence-electron chi connectivity index (χ4n) is 3.55. The minimum absolute atomic E-state index is 0.106. The van der Waals surface area contributed by atoms with E-state index < -0.39 is 5.60 Å². The number of unbranched alkanes of at least 4 members (excludes halogenated alkanes) is 6. The van der Waals surface area contributed by atoms with E-state index >= 15 is 0 Å². The summed E-state index contributed by atoms with van der Waals surface area (Å²) in [6, 6.07) is 0. The van der Waals surface area contributed by atoms with Gasteiger partial charge in [0.15, 0.2) is 5.78 Å². The second-order valence-electron chi connectivity index (χ2n) is 7.55. The van der Waals surface area contributed by atoms with Crippen LogP contribution in [-0.4, -0.2) is 16.5 Å². The molecule has 25 heavy (non-hydrogen) atoms. The minimum atomic E-state index is -0.812. The summed E-state index contributed by atoms with van der Waals surface area (Å²) in [5, 5.41) is 10.6. The van der Waals surface area contributed by atoms with Crippen molar-refractivity contribution < 1.29 is 9.90 Å². The van der Waals surface area contributed by atoms with Crippen LogP contribution in [0.2, 0.25) is 0 Å². The maximum atomic E-state index is 12.1. The smallest absolute Gasteiger partial charge is 0.159 e. The van der Waals surface area contributed by atoms with E-state index in [0.717, 1.165) is 38.5 Å². The summed E-state index contributed by atoms with van der Waals surface area (Å²) in [5.41, 5.74) is -0.812. The molecular weight excluding hydrogens is 308 g/mol. The maximum absolute atomic E-state index is 12.1. The summed E-state index contributed by atoms with van der Waals surface area (Å²) < 4.78 is 0. The monoisotopic (exact) mass is 346 g/mol. The fourth-order valence-corrected chi connectivity index (χ4v) is 3.55. The summed E-state index contributed by atoms with van der Waals surface area (Å²) in [7, 11) is 0. The molecule has 3 atom stereocenters. The molecule has 0 aliphatic heterocycles. The van der Waals surface area contributed by atoms with Crippen molar-refractivity contribution >= 4 is 5.78 Å². The highest BCUT2D eigenvalue weighted by molar-refractivity contribution is 5.94. The van der Waals surface area contributed by atoms with Gasteiger partial charge in [-0.05, 0) is 25.3 Å². The van der Waals surface area contributed by atoms with Crippen molar-refractivity contribution in [3.8, 4) is 0 Å². The Morgan fingerprint density at radius 3 is 2.48 bits per heavy atom. The van der Waals surface area contributed by atoms with Gasteiger partial charge in [-0.3, -0.25) is 4.79 Å². The standard InChI is InChI=1S/C23H38O2/c1-4-7-9-10-11-15-21-20(16-17-22(21)24)14-13-19-23(25,6-3)18-12-8-5-2/h6,13-14,16-17,20-21,25H,3-5,7-12,15,18-19H2,1-2H3/t20-,21+,23?/m0/s1. The van der Waals surface area contributed by atoms with Crippen molar-refractivity contribution in [2.45, 2.75) is 90.1 Å². The summed E-state index contributed by atoms with van der Waals surface area (Å²) >= 11 is 0. The molecule has 0 amide bonds. The van der Waals surface area contributed by atoms with Gasteiger partial charge in [-0.2, -0.15) is 0 Å². The molecule has 1 aliphatic carbocycles. The first-order valence-corrected chi connectivity index (χ1v) is 10.3. The van der Waals surface area contributed by atoms with Gasteiger partial charge in [0.05, 0.1) is 5.60 Å². The number of hydrogen-bond donors (Lipinski definition) is 1. The van der Waals surface area contributed by atoms with E-state index in [0.29, 0.717) is 6.42 Å². The Hall–Kier alpha value is -1.15. The molecule has 1 N–H and O–H groups in total. The van der Waals surface area contributed by atoms with E-state index in [1.165, 1.54) is 25.7 Å². The topological polar surface area (TPSA) is 37.3 Å². The highest BCUT2D eigenvalue weighted by Crippen LogP contribution is 2.30. The number of rotatable bonds is 14. The molecular formula is C23H38O2. The number of ketones is 1. The van der Waals surface area contributed by atoms with Crippen LogP contribution in [0.3, 0.4) is 0 Å². The normalized spacial score (nSPS) is 22.6. The lowest BCUT2D eigenvalue weighted by molar-refractivity contribution is -0.118. The molecule has 0 bridgehead atoms. The van der Waals surface area contributed by atoms with Crippen molar-refractivity contribution in [3.05, 3.63) is 37.0 Å². The van der Waals surface area contributed by atoms with Crippen molar-refractivity contribution in [2.75, 3.05) is 0 Å². The number of aliphatic hydroxyl groups is 1. The molecule has 0 heterocycles. The average Bonchev–Trinajstić information content (AvgIpc) is 2.95. The molecule has 1 rings (SSSR count). The van der Waals surface area contributed by atoms with Gasteiger partial charge < -0.3 is 5.11 Å². The van der Waals surface area contributed by atoms with Gasteiger partial charge in [-0.25, -0.2) is 0 Å². The van der Waals surface area contributed by atoms with Crippen LogP contribution in [0.25, 0.3) is 0 Å². The Kier molecular flexibility index (Phi) is 10.7. The van der Waals surface area contributed by atoms with Crippen LogP contribution in [0, 0.1) is 11.8 Å². The fraction of sp³-hybridized carbons (Fsp3) is 0.696. The molecule has 0 aromatic rings. The molecule has 1 aliphatic rings. The lowest BCUT2D eigenvalue weighted by Crippen LogP contribution is -2.24. The third kappa shape index (κ3) is 8.18. The van der Waals surface area contributed by atoms with Gasteiger partial charge in [0.1, 0.15) is 0 Å².